The van der Waals surface area contributed by atoms with Crippen LogP contribution in [0.4, 0.5) is 13.2 Å². The van der Waals surface area contributed by atoms with Crippen molar-refractivity contribution >= 4 is 6.29 Å². The predicted molar refractivity (Wildman–Crippen MR) is 56.7 cm³/mol. The fourth-order valence-corrected chi connectivity index (χ4v) is 1.41. The quantitative estimate of drug-likeness (QED) is 0.763. The zero-order chi connectivity index (χ0) is 13.2. The Kier molecular flexibility index (Phi) is 3.45. The van der Waals surface area contributed by atoms with Crippen LogP contribution in [0.5, 0.6) is 11.5 Å². The first kappa shape index (κ1) is 12.7. The smallest absolute Gasteiger partial charge is 0.489 e. The van der Waals surface area contributed by atoms with Crippen LogP contribution >= 0.6 is 0 Å². The summed E-state index contributed by atoms with van der Waals surface area (Å²) >= 11 is 0. The third kappa shape index (κ3) is 3.65. The van der Waals surface area contributed by atoms with Crippen LogP contribution in [0.25, 0.3) is 0 Å². The molecule has 0 heterocycles. The molecule has 0 amide bonds. The summed E-state index contributed by atoms with van der Waals surface area (Å²) in [5, 5.41) is 0. The Bertz CT molecular complexity index is 439. The highest BCUT2D eigenvalue weighted by Gasteiger charge is 2.33. The van der Waals surface area contributed by atoms with Gasteiger partial charge in [-0.05, 0) is 37.0 Å². The Hall–Kier alpha value is -1.72. The van der Waals surface area contributed by atoms with Gasteiger partial charge in [-0.15, -0.1) is 13.2 Å². The van der Waals surface area contributed by atoms with Gasteiger partial charge >= 0.3 is 6.36 Å². The van der Waals surface area contributed by atoms with E-state index in [9.17, 15) is 18.0 Å². The highest BCUT2D eigenvalue weighted by atomic mass is 19.4. The van der Waals surface area contributed by atoms with Gasteiger partial charge in [-0.2, -0.15) is 0 Å². The predicted octanol–water partition coefficient (Wildman–Crippen LogP) is 3.19. The molecule has 0 spiro atoms. The third-order valence-electron chi connectivity index (χ3n) is 2.50. The molecule has 1 saturated carbocycles. The van der Waals surface area contributed by atoms with Crippen LogP contribution in [0, 0.1) is 5.92 Å². The van der Waals surface area contributed by atoms with Crippen molar-refractivity contribution in [1.29, 1.82) is 0 Å². The Morgan fingerprint density at radius 3 is 2.56 bits per heavy atom. The van der Waals surface area contributed by atoms with Gasteiger partial charge in [-0.1, -0.05) is 0 Å². The van der Waals surface area contributed by atoms with E-state index in [0.717, 1.165) is 18.9 Å². The monoisotopic (exact) mass is 260 g/mol. The van der Waals surface area contributed by atoms with Crippen LogP contribution in [0.3, 0.4) is 0 Å². The molecule has 0 N–H and O–H groups in total. The zero-order valence-electron chi connectivity index (χ0n) is 9.37. The summed E-state index contributed by atoms with van der Waals surface area (Å²) in [6.45, 7) is 0.370. The normalized spacial score (nSPS) is 15.3. The summed E-state index contributed by atoms with van der Waals surface area (Å²) in [6, 6.07) is 3.72. The summed E-state index contributed by atoms with van der Waals surface area (Å²) < 4.78 is 45.7. The van der Waals surface area contributed by atoms with Crippen molar-refractivity contribution in [3.05, 3.63) is 23.8 Å². The molecule has 1 fully saturated rings. The van der Waals surface area contributed by atoms with Crippen molar-refractivity contribution in [2.75, 3.05) is 6.61 Å². The molecule has 0 radical (unpaired) electrons. The van der Waals surface area contributed by atoms with Gasteiger partial charge in [-0.25, -0.2) is 0 Å². The molecule has 1 aliphatic rings. The molecule has 1 aromatic carbocycles. The van der Waals surface area contributed by atoms with Crippen LogP contribution in [0.2, 0.25) is 0 Å². The molecule has 2 rings (SSSR count). The van der Waals surface area contributed by atoms with Crippen molar-refractivity contribution in [1.82, 2.24) is 0 Å². The molecule has 1 aromatic rings. The molecule has 0 aromatic heterocycles. The lowest BCUT2D eigenvalue weighted by molar-refractivity contribution is -0.275. The number of hydrogen-bond acceptors (Lipinski definition) is 3. The molecule has 0 saturated heterocycles. The van der Waals surface area contributed by atoms with Gasteiger partial charge in [0.25, 0.3) is 0 Å². The first-order chi connectivity index (χ1) is 8.48. The first-order valence-electron chi connectivity index (χ1n) is 5.46. The Balaban J connectivity index is 2.16. The maximum atomic E-state index is 12.2. The summed E-state index contributed by atoms with van der Waals surface area (Å²) in [7, 11) is 0. The number of alkyl halides is 3. The second-order valence-electron chi connectivity index (χ2n) is 4.13. The highest BCUT2D eigenvalue weighted by Crippen LogP contribution is 2.35. The largest absolute Gasteiger partial charge is 0.573 e. The van der Waals surface area contributed by atoms with Crippen LogP contribution < -0.4 is 9.47 Å². The molecular weight excluding hydrogens is 249 g/mol. The number of carbonyl (C=O) groups excluding carboxylic acids is 1. The van der Waals surface area contributed by atoms with E-state index >= 15 is 0 Å². The second kappa shape index (κ2) is 4.88. The Morgan fingerprint density at radius 2 is 2.00 bits per heavy atom. The van der Waals surface area contributed by atoms with Crippen molar-refractivity contribution < 1.29 is 27.4 Å². The second-order valence-corrected chi connectivity index (χ2v) is 4.13. The number of ether oxygens (including phenoxy) is 2. The van der Waals surface area contributed by atoms with Crippen molar-refractivity contribution in [3.8, 4) is 11.5 Å². The molecule has 0 bridgehead atoms. The van der Waals surface area contributed by atoms with Crippen molar-refractivity contribution in [2.45, 2.75) is 19.2 Å². The van der Waals surface area contributed by atoms with E-state index in [0.29, 0.717) is 18.8 Å². The minimum atomic E-state index is -4.81. The van der Waals surface area contributed by atoms with Gasteiger partial charge in [0.15, 0.2) is 11.5 Å². The van der Waals surface area contributed by atoms with Gasteiger partial charge in [0, 0.05) is 5.56 Å². The molecule has 0 unspecified atom stereocenters. The number of benzene rings is 1. The molecule has 98 valence electrons. The lowest BCUT2D eigenvalue weighted by Crippen LogP contribution is -2.18. The fraction of sp³-hybridized carbons (Fsp3) is 0.417. The minimum Gasteiger partial charge on any atom is -0.489 e. The van der Waals surface area contributed by atoms with Crippen molar-refractivity contribution in [3.63, 3.8) is 0 Å². The average molecular weight is 260 g/mol. The Morgan fingerprint density at radius 1 is 1.28 bits per heavy atom. The van der Waals surface area contributed by atoms with Crippen LogP contribution in [0.15, 0.2) is 18.2 Å². The van der Waals surface area contributed by atoms with Gasteiger partial charge < -0.3 is 9.47 Å². The lowest BCUT2D eigenvalue weighted by atomic mass is 10.2. The molecule has 0 aliphatic heterocycles. The van der Waals surface area contributed by atoms with E-state index < -0.39 is 12.1 Å². The summed E-state index contributed by atoms with van der Waals surface area (Å²) in [6.07, 6.45) is -2.29. The van der Waals surface area contributed by atoms with E-state index in [1.165, 1.54) is 12.1 Å². The third-order valence-corrected chi connectivity index (χ3v) is 2.50. The standard InChI is InChI=1S/C12H11F3O3/c13-12(14,15)18-11-5-9(6-16)3-4-10(11)17-7-8-1-2-8/h3-6,8H,1-2,7H2. The number of aldehydes is 1. The fourth-order valence-electron chi connectivity index (χ4n) is 1.41. The van der Waals surface area contributed by atoms with E-state index in [-0.39, 0.29) is 11.3 Å². The summed E-state index contributed by atoms with van der Waals surface area (Å²) in [4.78, 5) is 10.5. The minimum absolute atomic E-state index is 0.00447. The van der Waals surface area contributed by atoms with Gasteiger partial charge in [0.05, 0.1) is 6.61 Å². The topological polar surface area (TPSA) is 35.5 Å². The van der Waals surface area contributed by atoms with Crippen LogP contribution in [-0.4, -0.2) is 19.3 Å². The molecule has 0 atom stereocenters. The maximum absolute atomic E-state index is 12.2. The van der Waals surface area contributed by atoms with E-state index in [1.807, 2.05) is 0 Å². The number of rotatable bonds is 5. The first-order valence-corrected chi connectivity index (χ1v) is 5.46. The van der Waals surface area contributed by atoms with Crippen molar-refractivity contribution in [2.24, 2.45) is 5.92 Å². The van der Waals surface area contributed by atoms with E-state index in [4.69, 9.17) is 4.74 Å². The van der Waals surface area contributed by atoms with Crippen LogP contribution in [-0.2, 0) is 0 Å². The highest BCUT2D eigenvalue weighted by molar-refractivity contribution is 5.76. The van der Waals surface area contributed by atoms with Crippen LogP contribution in [0.1, 0.15) is 23.2 Å². The van der Waals surface area contributed by atoms with E-state index in [2.05, 4.69) is 4.74 Å². The molecule has 6 heteroatoms. The zero-order valence-corrected chi connectivity index (χ0v) is 9.37. The Labute approximate surface area is 102 Å². The van der Waals surface area contributed by atoms with Gasteiger partial charge in [-0.3, -0.25) is 4.79 Å². The molecule has 18 heavy (non-hydrogen) atoms. The SMILES string of the molecule is O=Cc1ccc(OCC2CC2)c(OC(F)(F)F)c1. The van der Waals surface area contributed by atoms with E-state index in [1.54, 1.807) is 0 Å². The number of hydrogen-bond donors (Lipinski definition) is 0. The molecule has 1 aliphatic carbocycles. The molecular formula is C12H11F3O3. The van der Waals surface area contributed by atoms with Gasteiger partial charge in [0.1, 0.15) is 6.29 Å². The van der Waals surface area contributed by atoms with Gasteiger partial charge in [0.2, 0.25) is 0 Å². The summed E-state index contributed by atoms with van der Waals surface area (Å²) in [5.41, 5.74) is 0.105. The average Bonchev–Trinajstić information content (AvgIpc) is 3.09. The maximum Gasteiger partial charge on any atom is 0.573 e. The lowest BCUT2D eigenvalue weighted by Gasteiger charge is -2.14. The number of carbonyl (C=O) groups is 1. The number of halogens is 3. The molecule has 3 nitrogen and oxygen atoms in total. The summed E-state index contributed by atoms with van der Waals surface area (Å²) in [5.74, 6) is -0.0629.